The van der Waals surface area contributed by atoms with E-state index < -0.39 is 0 Å². The number of Topliss-reactive ketones (excluding diaryl/α,β-unsaturated/α-hetero) is 1. The van der Waals surface area contributed by atoms with Crippen molar-refractivity contribution in [2.24, 2.45) is 11.8 Å². The Labute approximate surface area is 162 Å². The fourth-order valence-electron chi connectivity index (χ4n) is 4.47. The van der Waals surface area contributed by atoms with Crippen molar-refractivity contribution in [3.8, 4) is 0 Å². The molecule has 1 aromatic carbocycles. The van der Waals surface area contributed by atoms with Gasteiger partial charge in [-0.3, -0.25) is 9.69 Å². The smallest absolute Gasteiger partial charge is 0.141 e. The van der Waals surface area contributed by atoms with E-state index in [1.54, 1.807) is 0 Å². The van der Waals surface area contributed by atoms with Gasteiger partial charge in [0.05, 0.1) is 4.60 Å². The molecule has 0 saturated carbocycles. The molecular weight excluding hydrogens is 392 g/mol. The van der Waals surface area contributed by atoms with Crippen LogP contribution in [0.25, 0.3) is 16.5 Å². The van der Waals surface area contributed by atoms with Crippen molar-refractivity contribution in [3.05, 3.63) is 40.0 Å². The molecule has 1 aliphatic carbocycles. The first-order chi connectivity index (χ1) is 12.5. The maximum absolute atomic E-state index is 12.8. The number of rotatable bonds is 5. The van der Waals surface area contributed by atoms with Gasteiger partial charge >= 0.3 is 0 Å². The summed E-state index contributed by atoms with van der Waals surface area (Å²) in [7, 11) is 2.12. The van der Waals surface area contributed by atoms with Gasteiger partial charge in [-0.25, -0.2) is 0 Å². The largest absolute Gasteiger partial charge is 0.396 e. The number of aliphatic hydroxyl groups excluding tert-OH is 1. The van der Waals surface area contributed by atoms with Crippen molar-refractivity contribution in [2.45, 2.75) is 32.2 Å². The van der Waals surface area contributed by atoms with Gasteiger partial charge in [-0.2, -0.15) is 0 Å². The van der Waals surface area contributed by atoms with Crippen LogP contribution < -0.4 is 0 Å². The molecule has 3 unspecified atom stereocenters. The number of halogens is 1. The minimum absolute atomic E-state index is 0.0750. The summed E-state index contributed by atoms with van der Waals surface area (Å²) in [6, 6.07) is 6.67. The van der Waals surface area contributed by atoms with Gasteiger partial charge in [-0.15, -0.1) is 0 Å². The van der Waals surface area contributed by atoms with E-state index in [9.17, 15) is 9.90 Å². The number of nitrogens with one attached hydrogen (secondary N) is 1. The number of aromatic nitrogens is 1. The average molecular weight is 417 g/mol. The van der Waals surface area contributed by atoms with Gasteiger partial charge in [0.1, 0.15) is 5.78 Å². The normalized spacial score (nSPS) is 23.6. The number of carbonyl (C=O) groups excluding carboxylic acids is 1. The Kier molecular flexibility index (Phi) is 4.80. The highest BCUT2D eigenvalue weighted by atomic mass is 79.9. The predicted molar refractivity (Wildman–Crippen MR) is 108 cm³/mol. The van der Waals surface area contributed by atoms with Crippen LogP contribution in [0.3, 0.4) is 0 Å². The summed E-state index contributed by atoms with van der Waals surface area (Å²) in [5.74, 6) is 0.230. The number of ketones is 1. The Hall–Kier alpha value is -1.43. The van der Waals surface area contributed by atoms with Gasteiger partial charge in [-0.05, 0) is 58.1 Å². The first kappa shape index (κ1) is 18.0. The predicted octanol–water partition coefficient (Wildman–Crippen LogP) is 3.78. The van der Waals surface area contributed by atoms with E-state index in [1.807, 2.05) is 6.92 Å². The van der Waals surface area contributed by atoms with Crippen LogP contribution in [-0.2, 0) is 11.2 Å². The summed E-state index contributed by atoms with van der Waals surface area (Å²) in [6.45, 7) is 2.87. The van der Waals surface area contributed by atoms with Crippen LogP contribution in [-0.4, -0.2) is 47.0 Å². The number of hydrogen-bond donors (Lipinski definition) is 2. The summed E-state index contributed by atoms with van der Waals surface area (Å²) in [5.41, 5.74) is 5.00. The molecule has 26 heavy (non-hydrogen) atoms. The van der Waals surface area contributed by atoms with Crippen molar-refractivity contribution < 1.29 is 9.90 Å². The zero-order chi connectivity index (χ0) is 18.4. The lowest BCUT2D eigenvalue weighted by Gasteiger charge is -2.39. The van der Waals surface area contributed by atoms with Crippen molar-refractivity contribution in [1.82, 2.24) is 9.88 Å². The molecule has 2 aromatic rings. The van der Waals surface area contributed by atoms with E-state index in [0.29, 0.717) is 12.5 Å². The van der Waals surface area contributed by atoms with Gasteiger partial charge in [0.25, 0.3) is 0 Å². The van der Waals surface area contributed by atoms with Gasteiger partial charge in [0.2, 0.25) is 0 Å². The molecular formula is C21H25BrN2O2. The van der Waals surface area contributed by atoms with Crippen LogP contribution in [0.5, 0.6) is 0 Å². The van der Waals surface area contributed by atoms with Crippen molar-refractivity contribution in [3.63, 3.8) is 0 Å². The summed E-state index contributed by atoms with van der Waals surface area (Å²) in [4.78, 5) is 18.6. The number of likely N-dealkylation sites (N-methyl/N-ethyl adjacent to an activating group) is 1. The average Bonchev–Trinajstić information content (AvgIpc) is 2.97. The standard InChI is InChI=1S/C21H25BrN2O2/c1-3-12(11-25)7-19(26)13-8-15-14-5-4-6-17-20(14)16(21(22)23-17)9-18(15)24(2)10-13/h4-6,8,12-13,18,23,25H,3,7,9-11H2,1-2H3. The Bertz CT molecular complexity index is 882. The first-order valence-corrected chi connectivity index (χ1v) is 10.2. The van der Waals surface area contributed by atoms with Gasteiger partial charge < -0.3 is 10.1 Å². The summed E-state index contributed by atoms with van der Waals surface area (Å²) in [5, 5.41) is 10.7. The number of hydrogen-bond acceptors (Lipinski definition) is 3. The first-order valence-electron chi connectivity index (χ1n) is 9.38. The maximum atomic E-state index is 12.8. The molecule has 0 spiro atoms. The molecule has 0 fully saturated rings. The van der Waals surface area contributed by atoms with Crippen molar-refractivity contribution in [1.29, 1.82) is 0 Å². The number of aliphatic hydroxyl groups is 1. The van der Waals surface area contributed by atoms with E-state index in [1.165, 1.54) is 22.1 Å². The second-order valence-corrected chi connectivity index (χ2v) is 8.45. The highest BCUT2D eigenvalue weighted by Crippen LogP contribution is 2.43. The number of H-pyrrole nitrogens is 1. The summed E-state index contributed by atoms with van der Waals surface area (Å²) in [6.07, 6.45) is 4.46. The summed E-state index contributed by atoms with van der Waals surface area (Å²) < 4.78 is 1.07. The third-order valence-electron chi connectivity index (χ3n) is 6.08. The number of benzene rings is 1. The molecule has 1 aromatic heterocycles. The molecule has 1 aliphatic heterocycles. The van der Waals surface area contributed by atoms with Crippen LogP contribution in [0.4, 0.5) is 0 Å². The minimum atomic E-state index is -0.0916. The molecule has 0 bridgehead atoms. The number of fused-ring (bicyclic) bond motifs is 2. The van der Waals surface area contributed by atoms with E-state index in [0.717, 1.165) is 29.5 Å². The Morgan fingerprint density at radius 2 is 2.27 bits per heavy atom. The van der Waals surface area contributed by atoms with Crippen LogP contribution in [0.1, 0.15) is 30.9 Å². The molecule has 3 atom stereocenters. The van der Waals surface area contributed by atoms with E-state index in [4.69, 9.17) is 0 Å². The SMILES string of the molecule is CCC(CO)CC(=O)C1C=C2c3cccc4[nH]c(Br)c(c34)CC2N(C)C1. The number of nitrogens with zero attached hydrogens (tertiary/aromatic N) is 1. The van der Waals surface area contributed by atoms with Gasteiger partial charge in [0, 0.05) is 42.4 Å². The zero-order valence-corrected chi connectivity index (χ0v) is 16.8. The molecule has 2 aliphatic rings. The van der Waals surface area contributed by atoms with Crippen molar-refractivity contribution >= 4 is 38.2 Å². The quantitative estimate of drug-likeness (QED) is 0.779. The van der Waals surface area contributed by atoms with Crippen LogP contribution >= 0.6 is 15.9 Å². The van der Waals surface area contributed by atoms with Crippen LogP contribution in [0.15, 0.2) is 28.9 Å². The van der Waals surface area contributed by atoms with Gasteiger partial charge in [0.15, 0.2) is 0 Å². The molecule has 0 amide bonds. The van der Waals surface area contributed by atoms with Gasteiger partial charge in [-0.1, -0.05) is 31.6 Å². The molecule has 4 rings (SSSR count). The minimum Gasteiger partial charge on any atom is -0.396 e. The van der Waals surface area contributed by atoms with E-state index in [-0.39, 0.29) is 24.2 Å². The van der Waals surface area contributed by atoms with Crippen molar-refractivity contribution in [2.75, 3.05) is 20.2 Å². The topological polar surface area (TPSA) is 56.3 Å². The zero-order valence-electron chi connectivity index (χ0n) is 15.3. The molecule has 0 radical (unpaired) electrons. The fourth-order valence-corrected chi connectivity index (χ4v) is 5.04. The Morgan fingerprint density at radius 1 is 1.46 bits per heavy atom. The lowest BCUT2D eigenvalue weighted by Crippen LogP contribution is -2.44. The van der Waals surface area contributed by atoms with E-state index in [2.05, 4.69) is 57.1 Å². The molecule has 2 N–H and O–H groups in total. The van der Waals surface area contributed by atoms with Crippen LogP contribution in [0.2, 0.25) is 0 Å². The van der Waals surface area contributed by atoms with Crippen LogP contribution in [0, 0.1) is 11.8 Å². The third-order valence-corrected chi connectivity index (χ3v) is 6.76. The lowest BCUT2D eigenvalue weighted by molar-refractivity contribution is -0.123. The number of carbonyl (C=O) groups is 1. The monoisotopic (exact) mass is 416 g/mol. The molecule has 138 valence electrons. The lowest BCUT2D eigenvalue weighted by atomic mass is 9.78. The molecule has 5 heteroatoms. The summed E-state index contributed by atoms with van der Waals surface area (Å²) >= 11 is 3.68. The molecule has 4 nitrogen and oxygen atoms in total. The Balaban J connectivity index is 1.74. The second kappa shape index (κ2) is 6.95. The second-order valence-electron chi connectivity index (χ2n) is 7.66. The van der Waals surface area contributed by atoms with E-state index >= 15 is 0 Å². The molecule has 2 heterocycles. The fraction of sp³-hybridized carbons (Fsp3) is 0.476. The third kappa shape index (κ3) is 2.86. The highest BCUT2D eigenvalue weighted by Gasteiger charge is 2.36. The number of aromatic amines is 1. The maximum Gasteiger partial charge on any atom is 0.141 e. The Morgan fingerprint density at radius 3 is 3.00 bits per heavy atom. The molecule has 0 saturated heterocycles. The highest BCUT2D eigenvalue weighted by molar-refractivity contribution is 9.10.